The van der Waals surface area contributed by atoms with Gasteiger partial charge in [0.2, 0.25) is 0 Å². The van der Waals surface area contributed by atoms with Gasteiger partial charge in [0.15, 0.2) is 0 Å². The molecule has 1 atom stereocenters. The second-order valence-corrected chi connectivity index (χ2v) is 6.02. The van der Waals surface area contributed by atoms with Crippen LogP contribution in [0.25, 0.3) is 0 Å². The molecule has 112 valence electrons. The molecule has 2 N–H and O–H groups in total. The molecule has 0 saturated carbocycles. The van der Waals surface area contributed by atoms with Crippen molar-refractivity contribution in [1.82, 2.24) is 14.7 Å². The fraction of sp³-hybridized carbons (Fsp3) is 0.625. The predicted octanol–water partition coefficient (Wildman–Crippen LogP) is 1.51. The molecule has 0 aromatic heterocycles. The lowest BCUT2D eigenvalue weighted by atomic mass is 10.1. The summed E-state index contributed by atoms with van der Waals surface area (Å²) in [6.07, 6.45) is 0. The minimum Gasteiger partial charge on any atom is -0.399 e. The summed E-state index contributed by atoms with van der Waals surface area (Å²) in [6.45, 7) is 9.27. The van der Waals surface area contributed by atoms with Crippen LogP contribution in [-0.4, -0.2) is 68.1 Å². The maximum atomic E-state index is 5.76. The Morgan fingerprint density at radius 3 is 2.25 bits per heavy atom. The SMILES string of the molecule is CC(c1ccc(N)cc1)N1CCN(CCN(C)C)CC1. The molecule has 2 rings (SSSR count). The molecule has 0 spiro atoms. The lowest BCUT2D eigenvalue weighted by Gasteiger charge is -2.38. The van der Waals surface area contributed by atoms with Crippen LogP contribution in [0.15, 0.2) is 24.3 Å². The molecule has 0 aliphatic carbocycles. The van der Waals surface area contributed by atoms with Gasteiger partial charge < -0.3 is 10.6 Å². The quantitative estimate of drug-likeness (QED) is 0.827. The third-order valence-electron chi connectivity index (χ3n) is 4.24. The molecule has 1 saturated heterocycles. The van der Waals surface area contributed by atoms with Gasteiger partial charge in [-0.2, -0.15) is 0 Å². The van der Waals surface area contributed by atoms with Gasteiger partial charge in [-0.05, 0) is 38.7 Å². The summed E-state index contributed by atoms with van der Waals surface area (Å²) in [4.78, 5) is 7.38. The molecule has 0 amide bonds. The average Bonchev–Trinajstić information content (AvgIpc) is 2.46. The summed E-state index contributed by atoms with van der Waals surface area (Å²) in [5.41, 5.74) is 7.96. The highest BCUT2D eigenvalue weighted by atomic mass is 15.3. The first-order valence-electron chi connectivity index (χ1n) is 7.53. The smallest absolute Gasteiger partial charge is 0.0320 e. The van der Waals surface area contributed by atoms with Crippen molar-refractivity contribution in [2.45, 2.75) is 13.0 Å². The summed E-state index contributed by atoms with van der Waals surface area (Å²) in [5, 5.41) is 0. The van der Waals surface area contributed by atoms with E-state index in [2.05, 4.69) is 47.9 Å². The zero-order chi connectivity index (χ0) is 14.5. The van der Waals surface area contributed by atoms with Crippen LogP contribution >= 0.6 is 0 Å². The van der Waals surface area contributed by atoms with Gasteiger partial charge >= 0.3 is 0 Å². The van der Waals surface area contributed by atoms with Gasteiger partial charge in [-0.1, -0.05) is 12.1 Å². The fourth-order valence-corrected chi connectivity index (χ4v) is 2.70. The van der Waals surface area contributed by atoms with E-state index in [-0.39, 0.29) is 0 Å². The maximum Gasteiger partial charge on any atom is 0.0320 e. The molecule has 0 bridgehead atoms. The van der Waals surface area contributed by atoms with Crippen LogP contribution in [0.4, 0.5) is 5.69 Å². The molecule has 4 heteroatoms. The zero-order valence-electron chi connectivity index (χ0n) is 13.0. The molecule has 0 radical (unpaired) electrons. The van der Waals surface area contributed by atoms with Gasteiger partial charge in [0.1, 0.15) is 0 Å². The summed E-state index contributed by atoms with van der Waals surface area (Å²) in [5.74, 6) is 0. The Labute approximate surface area is 123 Å². The molecular weight excluding hydrogens is 248 g/mol. The summed E-state index contributed by atoms with van der Waals surface area (Å²) < 4.78 is 0. The molecule has 1 heterocycles. The van der Waals surface area contributed by atoms with Gasteiger partial charge in [0.05, 0.1) is 0 Å². The van der Waals surface area contributed by atoms with Crippen molar-refractivity contribution in [3.8, 4) is 0 Å². The standard InChI is InChI=1S/C16H28N4/c1-14(15-4-6-16(17)7-5-15)20-12-10-19(11-13-20)9-8-18(2)3/h4-7,14H,8-13,17H2,1-3H3. The van der Waals surface area contributed by atoms with Gasteiger partial charge in [-0.3, -0.25) is 9.80 Å². The summed E-state index contributed by atoms with van der Waals surface area (Å²) >= 11 is 0. The van der Waals surface area contributed by atoms with Gasteiger partial charge in [-0.15, -0.1) is 0 Å². The highest BCUT2D eigenvalue weighted by Gasteiger charge is 2.21. The van der Waals surface area contributed by atoms with Crippen LogP contribution in [0, 0.1) is 0 Å². The van der Waals surface area contributed by atoms with E-state index >= 15 is 0 Å². The molecule has 1 aliphatic rings. The first-order valence-corrected chi connectivity index (χ1v) is 7.53. The third kappa shape index (κ3) is 4.20. The van der Waals surface area contributed by atoms with Crippen LogP contribution in [0.1, 0.15) is 18.5 Å². The number of nitrogens with zero attached hydrogens (tertiary/aromatic N) is 3. The van der Waals surface area contributed by atoms with E-state index in [9.17, 15) is 0 Å². The van der Waals surface area contributed by atoms with E-state index in [0.29, 0.717) is 6.04 Å². The first-order chi connectivity index (χ1) is 9.56. The van der Waals surface area contributed by atoms with Crippen LogP contribution < -0.4 is 5.73 Å². The molecule has 1 aliphatic heterocycles. The molecule has 1 fully saturated rings. The van der Waals surface area contributed by atoms with E-state index in [4.69, 9.17) is 5.73 Å². The van der Waals surface area contributed by atoms with Crippen molar-refractivity contribution in [3.63, 3.8) is 0 Å². The number of piperazine rings is 1. The molecule has 20 heavy (non-hydrogen) atoms. The van der Waals surface area contributed by atoms with E-state index in [1.54, 1.807) is 0 Å². The first kappa shape index (κ1) is 15.3. The van der Waals surface area contributed by atoms with Crippen LogP contribution in [0.3, 0.4) is 0 Å². The van der Waals surface area contributed by atoms with Crippen molar-refractivity contribution < 1.29 is 0 Å². The topological polar surface area (TPSA) is 35.7 Å². The zero-order valence-corrected chi connectivity index (χ0v) is 13.0. The van der Waals surface area contributed by atoms with Gasteiger partial charge in [-0.25, -0.2) is 0 Å². The molecule has 1 aromatic carbocycles. The number of nitrogen functional groups attached to an aromatic ring is 1. The predicted molar refractivity (Wildman–Crippen MR) is 85.8 cm³/mol. The van der Waals surface area contributed by atoms with Crippen molar-refractivity contribution in [3.05, 3.63) is 29.8 Å². The van der Waals surface area contributed by atoms with Crippen molar-refractivity contribution in [1.29, 1.82) is 0 Å². The molecule has 4 nitrogen and oxygen atoms in total. The van der Waals surface area contributed by atoms with Crippen molar-refractivity contribution >= 4 is 5.69 Å². The number of nitrogens with two attached hydrogens (primary N) is 1. The maximum absolute atomic E-state index is 5.76. The van der Waals surface area contributed by atoms with E-state index in [0.717, 1.165) is 25.3 Å². The van der Waals surface area contributed by atoms with Crippen LogP contribution in [0.5, 0.6) is 0 Å². The minimum atomic E-state index is 0.478. The molecular formula is C16H28N4. The number of rotatable bonds is 5. The summed E-state index contributed by atoms with van der Waals surface area (Å²) in [7, 11) is 4.28. The number of benzene rings is 1. The number of anilines is 1. The average molecular weight is 276 g/mol. The van der Waals surface area contributed by atoms with E-state index in [1.807, 2.05) is 12.1 Å². The Morgan fingerprint density at radius 2 is 1.70 bits per heavy atom. The molecule has 1 aromatic rings. The summed E-state index contributed by atoms with van der Waals surface area (Å²) in [6, 6.07) is 8.78. The lowest BCUT2D eigenvalue weighted by molar-refractivity contribution is 0.0976. The van der Waals surface area contributed by atoms with Gasteiger partial charge in [0.25, 0.3) is 0 Å². The number of hydrogen-bond donors (Lipinski definition) is 1. The van der Waals surface area contributed by atoms with E-state index < -0.39 is 0 Å². The Hall–Kier alpha value is -1.10. The largest absolute Gasteiger partial charge is 0.399 e. The number of hydrogen-bond acceptors (Lipinski definition) is 4. The third-order valence-corrected chi connectivity index (χ3v) is 4.24. The Kier molecular flexibility index (Phi) is 5.40. The van der Waals surface area contributed by atoms with E-state index in [1.165, 1.54) is 25.2 Å². The van der Waals surface area contributed by atoms with Crippen molar-refractivity contribution in [2.75, 3.05) is 59.1 Å². The van der Waals surface area contributed by atoms with Gasteiger partial charge in [0, 0.05) is 51.0 Å². The minimum absolute atomic E-state index is 0.478. The van der Waals surface area contributed by atoms with Crippen LogP contribution in [-0.2, 0) is 0 Å². The van der Waals surface area contributed by atoms with Crippen molar-refractivity contribution in [2.24, 2.45) is 0 Å². The second kappa shape index (κ2) is 7.07. The second-order valence-electron chi connectivity index (χ2n) is 6.02. The highest BCUT2D eigenvalue weighted by Crippen LogP contribution is 2.22. The fourth-order valence-electron chi connectivity index (χ4n) is 2.70. The lowest BCUT2D eigenvalue weighted by Crippen LogP contribution is -2.48. The Bertz CT molecular complexity index is 393. The Balaban J connectivity index is 1.82. The monoisotopic (exact) mass is 276 g/mol. The molecule has 1 unspecified atom stereocenters. The van der Waals surface area contributed by atoms with Crippen LogP contribution in [0.2, 0.25) is 0 Å². The number of likely N-dealkylation sites (N-methyl/N-ethyl adjacent to an activating group) is 1. The Morgan fingerprint density at radius 1 is 1.10 bits per heavy atom. The highest BCUT2D eigenvalue weighted by molar-refractivity contribution is 5.40. The normalized spacial score (nSPS) is 19.4.